The maximum absolute atomic E-state index is 11.8. The summed E-state index contributed by atoms with van der Waals surface area (Å²) in [6.45, 7) is -1.54. The van der Waals surface area contributed by atoms with E-state index in [1.54, 1.807) is 0 Å². The van der Waals surface area contributed by atoms with Crippen LogP contribution in [0.1, 0.15) is 25.7 Å². The van der Waals surface area contributed by atoms with Crippen LogP contribution in [0, 0.1) is 0 Å². The lowest BCUT2D eigenvalue weighted by Gasteiger charge is -2.28. The van der Waals surface area contributed by atoms with Gasteiger partial charge in [0.1, 0.15) is 5.54 Å². The van der Waals surface area contributed by atoms with Crippen LogP contribution in [0.4, 0.5) is 4.79 Å². The molecule has 0 radical (unpaired) electrons. The van der Waals surface area contributed by atoms with Crippen LogP contribution >= 0.6 is 11.8 Å². The number of carbonyl (C=O) groups is 2. The molecule has 0 aromatic carbocycles. The van der Waals surface area contributed by atoms with Crippen molar-refractivity contribution in [2.75, 3.05) is 25.6 Å². The number of unbranched alkanes of at least 4 members (excludes halogenated alkanes) is 1. The summed E-state index contributed by atoms with van der Waals surface area (Å²) in [5.41, 5.74) is -1.36. The Labute approximate surface area is 139 Å². The Morgan fingerprint density at radius 2 is 1.91 bits per heavy atom. The number of nitrogens with one attached hydrogen (secondary N) is 3. The fraction of sp³-hybridized carbons (Fsp3) is 0.857. The number of hydrogen-bond acceptors (Lipinski definition) is 6. The van der Waals surface area contributed by atoms with E-state index < -0.39 is 25.4 Å². The highest BCUT2D eigenvalue weighted by atomic mass is 32.2. The number of aliphatic hydroxyl groups excluding tert-OH is 3. The third kappa shape index (κ3) is 4.50. The zero-order valence-corrected chi connectivity index (χ0v) is 13.8. The third-order valence-corrected chi connectivity index (χ3v) is 5.90. The van der Waals surface area contributed by atoms with E-state index in [1.165, 1.54) is 0 Å². The highest BCUT2D eigenvalue weighted by Crippen LogP contribution is 2.33. The normalized spacial score (nSPS) is 26.6. The summed E-state index contributed by atoms with van der Waals surface area (Å²) in [6.07, 6.45) is 2.73. The molecule has 0 saturated carbocycles. The third-order valence-electron chi connectivity index (χ3n) is 4.39. The quantitative estimate of drug-likeness (QED) is 0.223. The summed E-state index contributed by atoms with van der Waals surface area (Å²) in [7, 11) is 0. The molecule has 0 aromatic rings. The molecule has 2 saturated heterocycles. The molecule has 6 N–H and O–H groups in total. The van der Waals surface area contributed by atoms with Crippen LogP contribution in [0.2, 0.25) is 0 Å². The molecule has 2 heterocycles. The van der Waals surface area contributed by atoms with Crippen LogP contribution in [0.5, 0.6) is 0 Å². The van der Waals surface area contributed by atoms with Gasteiger partial charge in [-0.05, 0) is 12.8 Å². The van der Waals surface area contributed by atoms with Crippen LogP contribution in [0.25, 0.3) is 0 Å². The molecule has 9 heteroatoms. The summed E-state index contributed by atoms with van der Waals surface area (Å²) in [6, 6.07) is 0.283. The molecule has 23 heavy (non-hydrogen) atoms. The van der Waals surface area contributed by atoms with Gasteiger partial charge in [-0.2, -0.15) is 11.8 Å². The number of carbonyl (C=O) groups excluding carboxylic acids is 2. The lowest BCUT2D eigenvalue weighted by Crippen LogP contribution is -2.57. The van der Waals surface area contributed by atoms with Crippen LogP contribution < -0.4 is 16.0 Å². The van der Waals surface area contributed by atoms with Crippen LogP contribution in [-0.2, 0) is 4.79 Å². The SMILES string of the molecule is O=C(CCCC[C@@H]1SC[C@@H]2NC(=O)N[C@@H]21)NC(CO)(CO)CO. The van der Waals surface area contributed by atoms with E-state index in [9.17, 15) is 24.9 Å². The molecule has 2 rings (SSSR count). The second-order valence-corrected chi connectivity index (χ2v) is 7.44. The van der Waals surface area contributed by atoms with Crippen molar-refractivity contribution >= 4 is 23.7 Å². The molecule has 8 nitrogen and oxygen atoms in total. The molecule has 0 spiro atoms. The van der Waals surface area contributed by atoms with Gasteiger partial charge in [-0.15, -0.1) is 0 Å². The topological polar surface area (TPSA) is 131 Å². The van der Waals surface area contributed by atoms with Crippen LogP contribution in [0.15, 0.2) is 0 Å². The monoisotopic (exact) mass is 347 g/mol. The molecule has 3 amide bonds. The van der Waals surface area contributed by atoms with Crippen molar-refractivity contribution in [3.63, 3.8) is 0 Å². The molecule has 3 atom stereocenters. The summed E-state index contributed by atoms with van der Waals surface area (Å²) >= 11 is 1.84. The van der Waals surface area contributed by atoms with E-state index >= 15 is 0 Å². The molecule has 0 bridgehead atoms. The number of amides is 3. The molecule has 2 fully saturated rings. The van der Waals surface area contributed by atoms with E-state index in [0.717, 1.165) is 18.6 Å². The summed E-state index contributed by atoms with van der Waals surface area (Å²) < 4.78 is 0. The first-order chi connectivity index (χ1) is 11.0. The number of fused-ring (bicyclic) bond motifs is 1. The minimum absolute atomic E-state index is 0.0990. The Kier molecular flexibility index (Phi) is 6.51. The Morgan fingerprint density at radius 3 is 2.57 bits per heavy atom. The molecule has 2 aliphatic rings. The zero-order chi connectivity index (χ0) is 16.9. The van der Waals surface area contributed by atoms with Crippen molar-refractivity contribution in [2.24, 2.45) is 0 Å². The van der Waals surface area contributed by atoms with Gasteiger partial charge in [-0.25, -0.2) is 4.79 Å². The minimum Gasteiger partial charge on any atom is -0.394 e. The van der Waals surface area contributed by atoms with Gasteiger partial charge < -0.3 is 31.3 Å². The van der Waals surface area contributed by atoms with Gasteiger partial charge in [0, 0.05) is 17.4 Å². The van der Waals surface area contributed by atoms with Crippen molar-refractivity contribution in [3.8, 4) is 0 Å². The Bertz CT molecular complexity index is 424. The standard InChI is InChI=1S/C14H25N3O5S/c18-6-14(7-19,8-20)17-11(21)4-2-1-3-10-12-9(5-23-10)15-13(22)16-12/h9-10,12,18-20H,1-8H2,(H,17,21)(H2,15,16,22)/t9-,10-,12-/m0/s1. The van der Waals surface area contributed by atoms with E-state index in [2.05, 4.69) is 16.0 Å². The number of aliphatic hydroxyl groups is 3. The molecular formula is C14H25N3O5S. The predicted octanol–water partition coefficient (Wildman–Crippen LogP) is -1.46. The lowest BCUT2D eigenvalue weighted by molar-refractivity contribution is -0.125. The van der Waals surface area contributed by atoms with Crippen molar-refractivity contribution in [1.29, 1.82) is 0 Å². The number of urea groups is 1. The summed E-state index contributed by atoms with van der Waals surface area (Å²) in [4.78, 5) is 23.1. The van der Waals surface area contributed by atoms with Crippen molar-refractivity contribution in [3.05, 3.63) is 0 Å². The molecule has 2 aliphatic heterocycles. The average molecular weight is 347 g/mol. The average Bonchev–Trinajstić information content (AvgIpc) is 3.09. The van der Waals surface area contributed by atoms with Crippen molar-refractivity contribution in [2.45, 2.75) is 48.6 Å². The van der Waals surface area contributed by atoms with Gasteiger partial charge in [0.05, 0.1) is 31.9 Å². The second-order valence-electron chi connectivity index (χ2n) is 6.17. The summed E-state index contributed by atoms with van der Waals surface area (Å²) in [5.74, 6) is 0.621. The lowest BCUT2D eigenvalue weighted by atomic mass is 10.0. The first-order valence-corrected chi connectivity index (χ1v) is 8.90. The van der Waals surface area contributed by atoms with Gasteiger partial charge in [-0.3, -0.25) is 4.79 Å². The predicted molar refractivity (Wildman–Crippen MR) is 86.1 cm³/mol. The molecule has 0 aliphatic carbocycles. The van der Waals surface area contributed by atoms with Crippen LogP contribution in [-0.4, -0.2) is 75.7 Å². The second kappa shape index (κ2) is 8.18. The Morgan fingerprint density at radius 1 is 1.22 bits per heavy atom. The molecular weight excluding hydrogens is 322 g/mol. The zero-order valence-electron chi connectivity index (χ0n) is 13.0. The van der Waals surface area contributed by atoms with Gasteiger partial charge in [0.25, 0.3) is 0 Å². The number of thioether (sulfide) groups is 1. The smallest absolute Gasteiger partial charge is 0.315 e. The van der Waals surface area contributed by atoms with Gasteiger partial charge in [0.2, 0.25) is 5.91 Å². The van der Waals surface area contributed by atoms with E-state index in [-0.39, 0.29) is 30.4 Å². The van der Waals surface area contributed by atoms with Crippen molar-refractivity contribution in [1.82, 2.24) is 16.0 Å². The van der Waals surface area contributed by atoms with E-state index in [0.29, 0.717) is 11.7 Å². The first kappa shape index (κ1) is 18.3. The molecule has 132 valence electrons. The first-order valence-electron chi connectivity index (χ1n) is 7.86. The maximum atomic E-state index is 11.8. The fourth-order valence-corrected chi connectivity index (χ4v) is 4.44. The van der Waals surface area contributed by atoms with E-state index in [1.807, 2.05) is 11.8 Å². The highest BCUT2D eigenvalue weighted by Gasteiger charge is 2.42. The Hall–Kier alpha value is -1.03. The molecule has 0 aromatic heterocycles. The highest BCUT2D eigenvalue weighted by molar-refractivity contribution is 8.00. The Balaban J connectivity index is 1.65. The van der Waals surface area contributed by atoms with Crippen molar-refractivity contribution < 1.29 is 24.9 Å². The maximum Gasteiger partial charge on any atom is 0.315 e. The van der Waals surface area contributed by atoms with Gasteiger partial charge in [0.15, 0.2) is 0 Å². The molecule has 0 unspecified atom stereocenters. The summed E-state index contributed by atoms with van der Waals surface area (Å²) in [5, 5.41) is 36.2. The minimum atomic E-state index is -1.36. The van der Waals surface area contributed by atoms with Gasteiger partial charge in [-0.1, -0.05) is 6.42 Å². The fourth-order valence-electron chi connectivity index (χ4n) is 2.90. The van der Waals surface area contributed by atoms with Crippen LogP contribution in [0.3, 0.4) is 0 Å². The van der Waals surface area contributed by atoms with E-state index in [4.69, 9.17) is 0 Å². The number of hydrogen-bond donors (Lipinski definition) is 6. The number of rotatable bonds is 9. The largest absolute Gasteiger partial charge is 0.394 e. The van der Waals surface area contributed by atoms with Gasteiger partial charge >= 0.3 is 6.03 Å².